The largest absolute Gasteiger partial charge is 0.416 e. The first kappa shape index (κ1) is 28.4. The number of rotatable bonds is 8. The Kier molecular flexibility index (Phi) is 7.70. The quantitative estimate of drug-likeness (QED) is 0.200. The molecule has 12 heteroatoms. The van der Waals surface area contributed by atoms with Crippen LogP contribution in [-0.4, -0.2) is 42.7 Å². The van der Waals surface area contributed by atoms with Crippen LogP contribution < -0.4 is 5.56 Å². The number of amides is 1. The molecule has 0 fully saturated rings. The molecule has 2 aromatic heterocycles. The monoisotopic (exact) mass is 577 g/mol. The van der Waals surface area contributed by atoms with Crippen molar-refractivity contribution in [1.29, 1.82) is 0 Å². The second-order valence-corrected chi connectivity index (χ2v) is 9.56. The van der Waals surface area contributed by atoms with E-state index in [1.807, 2.05) is 0 Å². The van der Waals surface area contributed by atoms with Crippen LogP contribution >= 0.6 is 0 Å². The molecule has 214 valence electrons. The number of hydrogen-bond donors (Lipinski definition) is 1. The Bertz CT molecular complexity index is 1800. The van der Waals surface area contributed by atoms with Crippen LogP contribution in [0.3, 0.4) is 0 Å². The van der Waals surface area contributed by atoms with Crippen LogP contribution in [0.4, 0.5) is 17.6 Å². The second kappa shape index (κ2) is 11.4. The number of hydrogen-bond acceptors (Lipinski definition) is 5. The summed E-state index contributed by atoms with van der Waals surface area (Å²) in [5.41, 5.74) is -0.265. The number of para-hydroxylation sites is 1. The summed E-state index contributed by atoms with van der Waals surface area (Å²) < 4.78 is 54.2. The van der Waals surface area contributed by atoms with Crippen LogP contribution in [0.2, 0.25) is 0 Å². The fraction of sp³-hybridized carbons (Fsp3) is 0.167. The van der Waals surface area contributed by atoms with Gasteiger partial charge in [0, 0.05) is 0 Å². The van der Waals surface area contributed by atoms with E-state index in [9.17, 15) is 31.9 Å². The molecule has 0 unspecified atom stereocenters. The van der Waals surface area contributed by atoms with Gasteiger partial charge in [-0.1, -0.05) is 24.3 Å². The van der Waals surface area contributed by atoms with Gasteiger partial charge in [-0.2, -0.15) is 13.2 Å². The number of carbonyl (C=O) groups is 2. The maximum Gasteiger partial charge on any atom is 0.416 e. The van der Waals surface area contributed by atoms with E-state index in [1.165, 1.54) is 58.4 Å². The standard InChI is InChI=1S/C30H23F4N5O3/c1-18(28-37-24-5-3-2-4-23(24)29(42)39(28)22-12-10-21(31)11-13-22)38(16-26(40)25-15-35-17-36-25)27(41)14-19-6-8-20(9-7-19)30(32,33)34/h2-13,15,17-18H,14,16H2,1H3,(H,35,36)/t18-/m1/s1. The van der Waals surface area contributed by atoms with Gasteiger partial charge in [0.25, 0.3) is 5.56 Å². The fourth-order valence-corrected chi connectivity index (χ4v) is 4.59. The van der Waals surface area contributed by atoms with Gasteiger partial charge in [-0.05, 0) is 61.0 Å². The molecular formula is C30H23F4N5O3. The highest BCUT2D eigenvalue weighted by Crippen LogP contribution is 2.30. The molecule has 8 nitrogen and oxygen atoms in total. The Morgan fingerprint density at radius 3 is 2.33 bits per heavy atom. The maximum absolute atomic E-state index is 13.8. The number of fused-ring (bicyclic) bond motifs is 1. The Balaban J connectivity index is 1.59. The molecule has 1 amide bonds. The minimum atomic E-state index is -4.54. The third-order valence-electron chi connectivity index (χ3n) is 6.80. The average molecular weight is 578 g/mol. The van der Waals surface area contributed by atoms with Gasteiger partial charge < -0.3 is 9.88 Å². The SMILES string of the molecule is C[C@H](c1nc2ccccc2c(=O)n1-c1ccc(F)cc1)N(CC(=O)c1cnc[nH]1)C(=O)Cc1ccc(C(F)(F)F)cc1. The van der Waals surface area contributed by atoms with Gasteiger partial charge in [0.1, 0.15) is 17.3 Å². The third kappa shape index (κ3) is 5.82. The fourth-order valence-electron chi connectivity index (χ4n) is 4.59. The lowest BCUT2D eigenvalue weighted by Crippen LogP contribution is -2.41. The van der Waals surface area contributed by atoms with Gasteiger partial charge in [-0.15, -0.1) is 0 Å². The zero-order valence-electron chi connectivity index (χ0n) is 22.1. The summed E-state index contributed by atoms with van der Waals surface area (Å²) in [6.07, 6.45) is -2.26. The number of aromatic amines is 1. The van der Waals surface area contributed by atoms with E-state index in [0.29, 0.717) is 11.1 Å². The van der Waals surface area contributed by atoms with Crippen molar-refractivity contribution in [2.75, 3.05) is 6.54 Å². The molecular weight excluding hydrogens is 554 g/mol. The van der Waals surface area contributed by atoms with Crippen LogP contribution in [0, 0.1) is 5.82 Å². The van der Waals surface area contributed by atoms with Crippen molar-refractivity contribution in [1.82, 2.24) is 24.4 Å². The van der Waals surface area contributed by atoms with E-state index in [2.05, 4.69) is 15.0 Å². The molecule has 0 saturated heterocycles. The first-order valence-corrected chi connectivity index (χ1v) is 12.8. The number of Topliss-reactive ketones (excluding diaryl/α,β-unsaturated/α-hetero) is 1. The van der Waals surface area contributed by atoms with E-state index < -0.39 is 47.4 Å². The van der Waals surface area contributed by atoms with Crippen LogP contribution in [0.15, 0.2) is 90.1 Å². The topological polar surface area (TPSA) is 101 Å². The number of ketones is 1. The number of halogens is 4. The summed E-state index contributed by atoms with van der Waals surface area (Å²) in [6, 6.07) is 14.9. The van der Waals surface area contributed by atoms with Crippen LogP contribution in [0.25, 0.3) is 16.6 Å². The number of imidazole rings is 1. The van der Waals surface area contributed by atoms with E-state index in [1.54, 1.807) is 31.2 Å². The number of nitrogens with one attached hydrogen (secondary N) is 1. The summed E-state index contributed by atoms with van der Waals surface area (Å²) in [4.78, 5) is 52.9. The van der Waals surface area contributed by atoms with Gasteiger partial charge in [0.05, 0.1) is 53.7 Å². The highest BCUT2D eigenvalue weighted by atomic mass is 19.4. The zero-order chi connectivity index (χ0) is 30.0. The molecule has 0 radical (unpaired) electrons. The lowest BCUT2D eigenvalue weighted by Gasteiger charge is -2.30. The van der Waals surface area contributed by atoms with Crippen molar-refractivity contribution < 1.29 is 27.2 Å². The van der Waals surface area contributed by atoms with E-state index in [-0.39, 0.29) is 29.0 Å². The Morgan fingerprint density at radius 1 is 1.00 bits per heavy atom. The molecule has 1 N–H and O–H groups in total. The number of carbonyl (C=O) groups excluding carboxylic acids is 2. The number of aromatic nitrogens is 4. The molecule has 2 heterocycles. The van der Waals surface area contributed by atoms with Gasteiger partial charge in [-0.25, -0.2) is 14.4 Å². The van der Waals surface area contributed by atoms with Crippen LogP contribution in [-0.2, 0) is 17.4 Å². The number of nitrogens with zero attached hydrogens (tertiary/aromatic N) is 4. The highest BCUT2D eigenvalue weighted by Gasteiger charge is 2.31. The van der Waals surface area contributed by atoms with Gasteiger partial charge in [0.2, 0.25) is 5.91 Å². The van der Waals surface area contributed by atoms with Crippen molar-refractivity contribution >= 4 is 22.6 Å². The summed E-state index contributed by atoms with van der Waals surface area (Å²) in [7, 11) is 0. The first-order valence-electron chi connectivity index (χ1n) is 12.8. The minimum Gasteiger partial charge on any atom is -0.342 e. The molecule has 0 saturated carbocycles. The molecule has 0 aliphatic rings. The summed E-state index contributed by atoms with van der Waals surface area (Å²) in [5, 5.41) is 0.286. The van der Waals surface area contributed by atoms with E-state index >= 15 is 0 Å². The number of benzene rings is 3. The molecule has 3 aromatic carbocycles. The average Bonchev–Trinajstić information content (AvgIpc) is 3.51. The lowest BCUT2D eigenvalue weighted by molar-refractivity contribution is -0.137. The molecule has 0 spiro atoms. The zero-order valence-corrected chi connectivity index (χ0v) is 22.1. The predicted octanol–water partition coefficient (Wildman–Crippen LogP) is 5.28. The molecule has 0 aliphatic carbocycles. The molecule has 5 aromatic rings. The first-order chi connectivity index (χ1) is 20.0. The normalized spacial score (nSPS) is 12.3. The van der Waals surface area contributed by atoms with E-state index in [4.69, 9.17) is 0 Å². The van der Waals surface area contributed by atoms with Crippen molar-refractivity contribution in [2.45, 2.75) is 25.6 Å². The number of alkyl halides is 3. The third-order valence-corrected chi connectivity index (χ3v) is 6.80. The Morgan fingerprint density at radius 2 is 1.69 bits per heavy atom. The van der Waals surface area contributed by atoms with Crippen LogP contribution in [0.1, 0.15) is 40.4 Å². The molecule has 0 bridgehead atoms. The van der Waals surface area contributed by atoms with Crippen LogP contribution in [0.5, 0.6) is 0 Å². The van der Waals surface area contributed by atoms with E-state index in [0.717, 1.165) is 12.1 Å². The Hall–Kier alpha value is -5.13. The van der Waals surface area contributed by atoms with Crippen molar-refractivity contribution in [2.24, 2.45) is 0 Å². The smallest absolute Gasteiger partial charge is 0.342 e. The molecule has 0 aliphatic heterocycles. The minimum absolute atomic E-state index is 0.100. The highest BCUT2D eigenvalue weighted by molar-refractivity contribution is 5.97. The predicted molar refractivity (Wildman–Crippen MR) is 145 cm³/mol. The lowest BCUT2D eigenvalue weighted by atomic mass is 10.1. The Labute approximate surface area is 236 Å². The summed E-state index contributed by atoms with van der Waals surface area (Å²) >= 11 is 0. The molecule has 5 rings (SSSR count). The van der Waals surface area contributed by atoms with Crippen molar-refractivity contribution in [3.63, 3.8) is 0 Å². The van der Waals surface area contributed by atoms with Crippen molar-refractivity contribution in [3.05, 3.63) is 124 Å². The molecule has 42 heavy (non-hydrogen) atoms. The van der Waals surface area contributed by atoms with Gasteiger partial charge in [0.15, 0.2) is 5.78 Å². The maximum atomic E-state index is 13.8. The summed E-state index contributed by atoms with van der Waals surface area (Å²) in [6.45, 7) is 1.14. The van der Waals surface area contributed by atoms with Crippen molar-refractivity contribution in [3.8, 4) is 5.69 Å². The molecule has 1 atom stereocenters. The van der Waals surface area contributed by atoms with Gasteiger partial charge in [-0.3, -0.25) is 19.0 Å². The van der Waals surface area contributed by atoms with Gasteiger partial charge >= 0.3 is 6.18 Å². The second-order valence-electron chi connectivity index (χ2n) is 9.56. The number of H-pyrrole nitrogens is 1. The summed E-state index contributed by atoms with van der Waals surface area (Å²) in [5.74, 6) is -1.50.